The Hall–Kier alpha value is -2.04. The molecule has 108 valence electrons. The summed E-state index contributed by atoms with van der Waals surface area (Å²) in [5.74, 6) is -0.503. The number of amides is 2. The fraction of sp³-hybridized carbons (Fsp3) is 0.467. The molecule has 1 saturated carbocycles. The van der Waals surface area contributed by atoms with Crippen LogP contribution < -0.4 is 11.5 Å². The third-order valence-electron chi connectivity index (χ3n) is 3.83. The molecule has 1 aromatic carbocycles. The van der Waals surface area contributed by atoms with E-state index in [1.54, 1.807) is 17.0 Å². The average Bonchev–Trinajstić information content (AvgIpc) is 3.17. The van der Waals surface area contributed by atoms with Crippen molar-refractivity contribution < 1.29 is 9.59 Å². The first kappa shape index (κ1) is 14.4. The molecule has 0 aromatic heterocycles. The minimum atomic E-state index is -0.493. The van der Waals surface area contributed by atoms with Gasteiger partial charge in [-0.1, -0.05) is 12.1 Å². The maximum Gasteiger partial charge on any atom is 0.237 e. The second-order valence-electron chi connectivity index (χ2n) is 5.70. The van der Waals surface area contributed by atoms with Gasteiger partial charge in [-0.2, -0.15) is 0 Å². The molecule has 1 aromatic rings. The molecule has 1 fully saturated rings. The number of nitrogens with two attached hydrogens (primary N) is 2. The number of nitrogen functional groups attached to an aromatic ring is 1. The van der Waals surface area contributed by atoms with Crippen LogP contribution in [-0.2, 0) is 15.0 Å². The van der Waals surface area contributed by atoms with Crippen molar-refractivity contribution in [3.63, 3.8) is 0 Å². The summed E-state index contributed by atoms with van der Waals surface area (Å²) in [5.41, 5.74) is 12.1. The van der Waals surface area contributed by atoms with Gasteiger partial charge in [0.05, 0.1) is 12.0 Å². The third kappa shape index (κ3) is 2.61. The summed E-state index contributed by atoms with van der Waals surface area (Å²) in [5, 5.41) is 0. The Balaban J connectivity index is 2.26. The van der Waals surface area contributed by atoms with Gasteiger partial charge in [0.25, 0.3) is 0 Å². The first-order valence-corrected chi connectivity index (χ1v) is 6.82. The van der Waals surface area contributed by atoms with Gasteiger partial charge in [-0.05, 0) is 44.4 Å². The Kier molecular flexibility index (Phi) is 3.70. The van der Waals surface area contributed by atoms with E-state index in [-0.39, 0.29) is 18.5 Å². The van der Waals surface area contributed by atoms with Crippen molar-refractivity contribution in [2.45, 2.75) is 38.1 Å². The second kappa shape index (κ2) is 5.15. The summed E-state index contributed by atoms with van der Waals surface area (Å²) >= 11 is 0. The van der Waals surface area contributed by atoms with Crippen molar-refractivity contribution in [3.05, 3.63) is 29.8 Å². The van der Waals surface area contributed by atoms with E-state index >= 15 is 0 Å². The molecule has 20 heavy (non-hydrogen) atoms. The number of nitrogens with zero attached hydrogens (tertiary/aromatic N) is 1. The van der Waals surface area contributed by atoms with Crippen molar-refractivity contribution in [2.24, 2.45) is 5.73 Å². The van der Waals surface area contributed by atoms with E-state index in [1.165, 1.54) is 0 Å². The molecule has 2 amide bonds. The third-order valence-corrected chi connectivity index (χ3v) is 3.83. The van der Waals surface area contributed by atoms with Gasteiger partial charge < -0.3 is 16.4 Å². The summed E-state index contributed by atoms with van der Waals surface area (Å²) in [6.45, 7) is 3.74. The second-order valence-corrected chi connectivity index (χ2v) is 5.70. The van der Waals surface area contributed by atoms with E-state index in [0.717, 1.165) is 18.4 Å². The largest absolute Gasteiger partial charge is 0.399 e. The van der Waals surface area contributed by atoms with Crippen molar-refractivity contribution >= 4 is 17.5 Å². The van der Waals surface area contributed by atoms with Gasteiger partial charge in [0.2, 0.25) is 11.8 Å². The first-order valence-electron chi connectivity index (χ1n) is 6.82. The van der Waals surface area contributed by atoms with E-state index in [2.05, 4.69) is 0 Å². The molecule has 0 saturated heterocycles. The summed E-state index contributed by atoms with van der Waals surface area (Å²) in [6.07, 6.45) is 1.61. The van der Waals surface area contributed by atoms with Crippen molar-refractivity contribution in [1.82, 2.24) is 4.90 Å². The van der Waals surface area contributed by atoms with Crippen molar-refractivity contribution in [2.75, 3.05) is 12.3 Å². The SMILES string of the molecule is CC(C)N(CC(N)=O)C(=O)C1(c2ccc(N)cc2)CC1. The Morgan fingerprint density at radius 2 is 1.80 bits per heavy atom. The summed E-state index contributed by atoms with van der Waals surface area (Å²) in [4.78, 5) is 25.5. The minimum absolute atomic E-state index is 0.0175. The van der Waals surface area contributed by atoms with Crippen LogP contribution in [0.1, 0.15) is 32.3 Å². The molecule has 0 aliphatic heterocycles. The average molecular weight is 275 g/mol. The summed E-state index contributed by atoms with van der Waals surface area (Å²) < 4.78 is 0. The number of hydrogen-bond donors (Lipinski definition) is 2. The molecule has 0 unspecified atom stereocenters. The molecule has 1 aliphatic rings. The van der Waals surface area contributed by atoms with Gasteiger partial charge in [0.1, 0.15) is 0 Å². The van der Waals surface area contributed by atoms with Crippen LogP contribution in [0.2, 0.25) is 0 Å². The molecule has 1 aliphatic carbocycles. The fourth-order valence-electron chi connectivity index (χ4n) is 2.48. The Labute approximate surface area is 118 Å². The summed E-state index contributed by atoms with van der Waals surface area (Å²) in [6, 6.07) is 7.33. The number of anilines is 1. The molecular formula is C15H21N3O2. The standard InChI is InChI=1S/C15H21N3O2/c1-10(2)18(9-13(17)19)14(20)15(7-8-15)11-3-5-12(16)6-4-11/h3-6,10H,7-9,16H2,1-2H3,(H2,17,19). The van der Waals surface area contributed by atoms with Crippen LogP contribution in [0.5, 0.6) is 0 Å². The highest BCUT2D eigenvalue weighted by Gasteiger charge is 2.53. The van der Waals surface area contributed by atoms with E-state index in [4.69, 9.17) is 11.5 Å². The zero-order valence-electron chi connectivity index (χ0n) is 11.9. The molecule has 5 nitrogen and oxygen atoms in total. The van der Waals surface area contributed by atoms with Crippen LogP contribution >= 0.6 is 0 Å². The molecule has 0 radical (unpaired) electrons. The lowest BCUT2D eigenvalue weighted by Crippen LogP contribution is -2.47. The van der Waals surface area contributed by atoms with Crippen LogP contribution in [0.25, 0.3) is 0 Å². The number of rotatable bonds is 5. The zero-order valence-corrected chi connectivity index (χ0v) is 11.9. The normalized spacial score (nSPS) is 15.9. The smallest absolute Gasteiger partial charge is 0.237 e. The number of carbonyl (C=O) groups is 2. The molecule has 4 N–H and O–H groups in total. The molecule has 0 spiro atoms. The van der Waals surface area contributed by atoms with Gasteiger partial charge in [-0.15, -0.1) is 0 Å². The lowest BCUT2D eigenvalue weighted by Gasteiger charge is -2.30. The van der Waals surface area contributed by atoms with E-state index in [9.17, 15) is 9.59 Å². The zero-order chi connectivity index (χ0) is 14.9. The maximum atomic E-state index is 12.8. The maximum absolute atomic E-state index is 12.8. The van der Waals surface area contributed by atoms with Gasteiger partial charge in [0.15, 0.2) is 0 Å². The van der Waals surface area contributed by atoms with Crippen LogP contribution in [0.3, 0.4) is 0 Å². The highest BCUT2D eigenvalue weighted by Crippen LogP contribution is 2.49. The van der Waals surface area contributed by atoms with Crippen LogP contribution in [-0.4, -0.2) is 29.3 Å². The lowest BCUT2D eigenvalue weighted by molar-refractivity contribution is -0.139. The van der Waals surface area contributed by atoms with Gasteiger partial charge in [-0.25, -0.2) is 0 Å². The number of primary amides is 1. The molecule has 0 heterocycles. The van der Waals surface area contributed by atoms with Crippen molar-refractivity contribution in [3.8, 4) is 0 Å². The minimum Gasteiger partial charge on any atom is -0.399 e. The number of carbonyl (C=O) groups excluding carboxylic acids is 2. The first-order chi connectivity index (χ1) is 9.36. The predicted molar refractivity (Wildman–Crippen MR) is 77.8 cm³/mol. The Morgan fingerprint density at radius 3 is 2.20 bits per heavy atom. The lowest BCUT2D eigenvalue weighted by atomic mass is 9.93. The van der Waals surface area contributed by atoms with Gasteiger partial charge >= 0.3 is 0 Å². The predicted octanol–water partition coefficient (Wildman–Crippen LogP) is 1.02. The van der Waals surface area contributed by atoms with Crippen LogP contribution in [0.15, 0.2) is 24.3 Å². The molecule has 0 bridgehead atoms. The van der Waals surface area contributed by atoms with E-state index in [1.807, 2.05) is 26.0 Å². The molecular weight excluding hydrogens is 254 g/mol. The quantitative estimate of drug-likeness (QED) is 0.786. The number of hydrogen-bond acceptors (Lipinski definition) is 3. The Morgan fingerprint density at radius 1 is 1.25 bits per heavy atom. The van der Waals surface area contributed by atoms with Crippen LogP contribution in [0, 0.1) is 0 Å². The van der Waals surface area contributed by atoms with E-state index < -0.39 is 11.3 Å². The molecule has 2 rings (SSSR count). The number of benzene rings is 1. The van der Waals surface area contributed by atoms with Crippen LogP contribution in [0.4, 0.5) is 5.69 Å². The molecule has 5 heteroatoms. The van der Waals surface area contributed by atoms with E-state index in [0.29, 0.717) is 5.69 Å². The highest BCUT2D eigenvalue weighted by atomic mass is 16.2. The summed E-state index contributed by atoms with van der Waals surface area (Å²) in [7, 11) is 0. The van der Waals surface area contributed by atoms with Gasteiger partial charge in [-0.3, -0.25) is 9.59 Å². The highest BCUT2D eigenvalue weighted by molar-refractivity contribution is 5.94. The molecule has 0 atom stereocenters. The fourth-order valence-corrected chi connectivity index (χ4v) is 2.48. The Bertz CT molecular complexity index is 518. The van der Waals surface area contributed by atoms with Crippen molar-refractivity contribution in [1.29, 1.82) is 0 Å². The van der Waals surface area contributed by atoms with Gasteiger partial charge in [0, 0.05) is 11.7 Å². The topological polar surface area (TPSA) is 89.4 Å². The monoisotopic (exact) mass is 275 g/mol.